The maximum atomic E-state index is 13.2. The fourth-order valence-electron chi connectivity index (χ4n) is 4.50. The van der Waals surface area contributed by atoms with Crippen molar-refractivity contribution < 1.29 is 14.3 Å². The topological polar surface area (TPSA) is 47.6 Å². The van der Waals surface area contributed by atoms with Crippen LogP contribution in [0.25, 0.3) is 0 Å². The molecular formula is C28H31NO3. The first-order valence-electron chi connectivity index (χ1n) is 11.3. The van der Waals surface area contributed by atoms with Gasteiger partial charge < -0.3 is 14.8 Å². The Balaban J connectivity index is 1.47. The minimum absolute atomic E-state index is 0.00644. The number of rotatable bonds is 8. The fourth-order valence-corrected chi connectivity index (χ4v) is 4.50. The van der Waals surface area contributed by atoms with Gasteiger partial charge in [0.2, 0.25) is 0 Å². The van der Waals surface area contributed by atoms with Crippen molar-refractivity contribution in [2.75, 3.05) is 26.9 Å². The van der Waals surface area contributed by atoms with Crippen LogP contribution in [0.2, 0.25) is 0 Å². The van der Waals surface area contributed by atoms with Crippen LogP contribution in [0, 0.1) is 0 Å². The van der Waals surface area contributed by atoms with E-state index < -0.39 is 0 Å². The molecule has 1 aliphatic rings. The zero-order chi connectivity index (χ0) is 22.2. The van der Waals surface area contributed by atoms with Crippen LogP contribution in [0.3, 0.4) is 0 Å². The van der Waals surface area contributed by atoms with Crippen molar-refractivity contribution in [2.24, 2.45) is 0 Å². The fraction of sp³-hybridized carbons (Fsp3) is 0.321. The van der Waals surface area contributed by atoms with Crippen LogP contribution in [-0.4, -0.2) is 32.8 Å². The molecule has 166 valence electrons. The lowest BCUT2D eigenvalue weighted by Crippen LogP contribution is -2.44. The largest absolute Gasteiger partial charge is 0.497 e. The van der Waals surface area contributed by atoms with Gasteiger partial charge in [0.25, 0.3) is 5.91 Å². The summed E-state index contributed by atoms with van der Waals surface area (Å²) in [7, 11) is 1.68. The molecule has 4 heteroatoms. The molecule has 4 nitrogen and oxygen atoms in total. The third-order valence-electron chi connectivity index (χ3n) is 6.53. The van der Waals surface area contributed by atoms with Crippen molar-refractivity contribution >= 4 is 5.91 Å². The van der Waals surface area contributed by atoms with E-state index in [1.807, 2.05) is 36.4 Å². The highest BCUT2D eigenvalue weighted by molar-refractivity contribution is 5.95. The number of nitrogens with one attached hydrogen (secondary N) is 1. The van der Waals surface area contributed by atoms with Crippen LogP contribution in [0.5, 0.6) is 5.75 Å². The quantitative estimate of drug-likeness (QED) is 0.551. The molecule has 0 unspecified atom stereocenters. The van der Waals surface area contributed by atoms with Crippen molar-refractivity contribution in [3.05, 3.63) is 101 Å². The van der Waals surface area contributed by atoms with Crippen molar-refractivity contribution in [2.45, 2.75) is 31.1 Å². The molecule has 1 saturated heterocycles. The molecule has 1 N–H and O–H groups in total. The lowest BCUT2D eigenvalue weighted by atomic mass is 9.74. The second-order valence-electron chi connectivity index (χ2n) is 8.45. The van der Waals surface area contributed by atoms with Gasteiger partial charge in [0.05, 0.1) is 7.11 Å². The smallest absolute Gasteiger partial charge is 0.251 e. The normalized spacial score (nSPS) is 15.2. The lowest BCUT2D eigenvalue weighted by Gasteiger charge is -2.38. The summed E-state index contributed by atoms with van der Waals surface area (Å²) in [5, 5.41) is 3.25. The molecule has 32 heavy (non-hydrogen) atoms. The van der Waals surface area contributed by atoms with E-state index >= 15 is 0 Å². The standard InChI is InChI=1S/C28H31NO3/c1-31-25-15-13-24(14-16-25)28(17-19-32-20-18-28)21-29-27(30)26-10-6-5-9-23(26)12-11-22-7-3-2-4-8-22/h2-10,13-16H,11-12,17-21H2,1H3,(H,29,30). The SMILES string of the molecule is COc1ccc(C2(CNC(=O)c3ccccc3CCc3ccccc3)CCOCC2)cc1. The maximum absolute atomic E-state index is 13.2. The highest BCUT2D eigenvalue weighted by Crippen LogP contribution is 2.35. The molecule has 1 aliphatic heterocycles. The molecule has 0 aliphatic carbocycles. The third-order valence-corrected chi connectivity index (χ3v) is 6.53. The zero-order valence-electron chi connectivity index (χ0n) is 18.7. The summed E-state index contributed by atoms with van der Waals surface area (Å²) in [6, 6.07) is 26.6. The molecule has 0 aromatic heterocycles. The number of carbonyl (C=O) groups is 1. The molecule has 4 rings (SSSR count). The van der Waals surface area contributed by atoms with Gasteiger partial charge in [0.15, 0.2) is 0 Å². The molecular weight excluding hydrogens is 398 g/mol. The monoisotopic (exact) mass is 429 g/mol. The van der Waals surface area contributed by atoms with Gasteiger partial charge in [-0.05, 0) is 60.6 Å². The van der Waals surface area contributed by atoms with E-state index in [4.69, 9.17) is 9.47 Å². The van der Waals surface area contributed by atoms with Gasteiger partial charge >= 0.3 is 0 Å². The molecule has 0 saturated carbocycles. The molecule has 1 heterocycles. The molecule has 3 aromatic carbocycles. The van der Waals surface area contributed by atoms with Crippen LogP contribution in [0.4, 0.5) is 0 Å². The third kappa shape index (κ3) is 5.20. The average Bonchev–Trinajstić information content (AvgIpc) is 2.87. The second kappa shape index (κ2) is 10.5. The van der Waals surface area contributed by atoms with Crippen molar-refractivity contribution in [3.63, 3.8) is 0 Å². The van der Waals surface area contributed by atoms with Crippen LogP contribution < -0.4 is 10.1 Å². The summed E-state index contributed by atoms with van der Waals surface area (Å²) in [6.45, 7) is 2.00. The number of carbonyl (C=O) groups excluding carboxylic acids is 1. The Morgan fingerprint density at radius 2 is 1.59 bits per heavy atom. The number of amides is 1. The molecule has 0 radical (unpaired) electrons. The minimum atomic E-state index is -0.126. The van der Waals surface area contributed by atoms with Gasteiger partial charge in [-0.3, -0.25) is 4.79 Å². The summed E-state index contributed by atoms with van der Waals surface area (Å²) in [5.41, 5.74) is 4.22. The average molecular weight is 430 g/mol. The molecule has 0 atom stereocenters. The van der Waals surface area contributed by atoms with Crippen molar-refractivity contribution in [1.29, 1.82) is 0 Å². The lowest BCUT2D eigenvalue weighted by molar-refractivity contribution is 0.0487. The van der Waals surface area contributed by atoms with Crippen LogP contribution in [0.1, 0.15) is 39.9 Å². The highest BCUT2D eigenvalue weighted by Gasteiger charge is 2.35. The number of benzene rings is 3. The summed E-state index contributed by atoms with van der Waals surface area (Å²) in [5.74, 6) is 0.834. The Labute approximate surface area is 190 Å². The van der Waals surface area contributed by atoms with E-state index in [0.29, 0.717) is 19.8 Å². The predicted molar refractivity (Wildman–Crippen MR) is 127 cm³/mol. The van der Waals surface area contributed by atoms with E-state index in [2.05, 4.69) is 47.8 Å². The molecule has 1 amide bonds. The van der Waals surface area contributed by atoms with Gasteiger partial charge in [0, 0.05) is 30.7 Å². The van der Waals surface area contributed by atoms with Crippen molar-refractivity contribution in [3.8, 4) is 5.75 Å². The first kappa shape index (κ1) is 22.1. The number of hydrogen-bond acceptors (Lipinski definition) is 3. The Bertz CT molecular complexity index is 1010. The van der Waals surface area contributed by atoms with Gasteiger partial charge in [-0.1, -0.05) is 60.7 Å². The molecule has 0 bridgehead atoms. The summed E-state index contributed by atoms with van der Waals surface area (Å²) < 4.78 is 11.0. The highest BCUT2D eigenvalue weighted by atomic mass is 16.5. The number of methoxy groups -OCH3 is 1. The molecule has 1 fully saturated rings. The van der Waals surface area contributed by atoms with Crippen LogP contribution >= 0.6 is 0 Å². The van der Waals surface area contributed by atoms with Gasteiger partial charge in [-0.15, -0.1) is 0 Å². The predicted octanol–water partition coefficient (Wildman–Crippen LogP) is 4.96. The maximum Gasteiger partial charge on any atom is 0.251 e. The number of aryl methyl sites for hydroxylation is 2. The van der Waals surface area contributed by atoms with E-state index in [-0.39, 0.29) is 11.3 Å². The zero-order valence-corrected chi connectivity index (χ0v) is 18.7. The van der Waals surface area contributed by atoms with Crippen molar-refractivity contribution in [1.82, 2.24) is 5.32 Å². The summed E-state index contributed by atoms with van der Waals surface area (Å²) >= 11 is 0. The Kier molecular flexibility index (Phi) is 7.23. The van der Waals surface area contributed by atoms with E-state index in [1.54, 1.807) is 7.11 Å². The Morgan fingerprint density at radius 1 is 0.906 bits per heavy atom. The Morgan fingerprint density at radius 3 is 2.31 bits per heavy atom. The van der Waals surface area contributed by atoms with Crippen LogP contribution in [0.15, 0.2) is 78.9 Å². The van der Waals surface area contributed by atoms with Gasteiger partial charge in [-0.25, -0.2) is 0 Å². The Hall–Kier alpha value is -3.11. The summed E-state index contributed by atoms with van der Waals surface area (Å²) in [4.78, 5) is 13.2. The molecule has 3 aromatic rings. The number of hydrogen-bond donors (Lipinski definition) is 1. The first-order valence-corrected chi connectivity index (χ1v) is 11.3. The number of ether oxygens (including phenoxy) is 2. The van der Waals surface area contributed by atoms with E-state index in [1.165, 1.54) is 11.1 Å². The van der Waals surface area contributed by atoms with Crippen LogP contribution in [-0.2, 0) is 23.0 Å². The van der Waals surface area contributed by atoms with Gasteiger partial charge in [-0.2, -0.15) is 0 Å². The van der Waals surface area contributed by atoms with E-state index in [0.717, 1.165) is 42.6 Å². The van der Waals surface area contributed by atoms with Gasteiger partial charge in [0.1, 0.15) is 5.75 Å². The summed E-state index contributed by atoms with van der Waals surface area (Å²) in [6.07, 6.45) is 3.52. The molecule has 0 spiro atoms. The van der Waals surface area contributed by atoms with E-state index in [9.17, 15) is 4.79 Å². The minimum Gasteiger partial charge on any atom is -0.497 e. The first-order chi connectivity index (χ1) is 15.7. The second-order valence-corrected chi connectivity index (χ2v) is 8.45.